The number of ether oxygens (including phenoxy) is 6. The lowest BCUT2D eigenvalue weighted by Gasteiger charge is -2.35. The molecule has 0 bridgehead atoms. The summed E-state index contributed by atoms with van der Waals surface area (Å²) in [5.41, 5.74) is -3.95. The third-order valence-electron chi connectivity index (χ3n) is 8.29. The fraction of sp³-hybridized carbons (Fsp3) is 0.333. The van der Waals surface area contributed by atoms with Gasteiger partial charge in [-0.1, -0.05) is 133 Å². The van der Waals surface area contributed by atoms with Gasteiger partial charge in [-0.05, 0) is 109 Å². The first kappa shape index (κ1) is 15.3. The number of piperidine rings is 2. The highest BCUT2D eigenvalue weighted by atomic mass is 16.7. The zero-order chi connectivity index (χ0) is 79.2. The van der Waals surface area contributed by atoms with Crippen molar-refractivity contribution in [2.45, 2.75) is 62.6 Å². The van der Waals surface area contributed by atoms with Gasteiger partial charge in [-0.2, -0.15) is 0 Å². The average Bonchev–Trinajstić information content (AvgIpc) is 0.771. The molecule has 2 saturated heterocycles. The molecule has 4 aliphatic heterocycles. The van der Waals surface area contributed by atoms with Crippen LogP contribution in [0.2, 0.25) is 0 Å². The highest BCUT2D eigenvalue weighted by molar-refractivity contribution is 5.45. The number of benzene rings is 6. The number of nitrogens with zero attached hydrogens (tertiary/aromatic N) is 2. The van der Waals surface area contributed by atoms with Crippen molar-refractivity contribution in [1.82, 2.24) is 9.80 Å². The van der Waals surface area contributed by atoms with E-state index in [1.807, 2.05) is 0 Å². The van der Waals surface area contributed by atoms with Crippen LogP contribution in [0.25, 0.3) is 0 Å². The van der Waals surface area contributed by atoms with Crippen LogP contribution in [-0.4, -0.2) is 74.4 Å². The molecule has 0 radical (unpaired) electrons. The van der Waals surface area contributed by atoms with E-state index in [-0.39, 0.29) is 22.0 Å². The lowest BCUT2D eigenvalue weighted by molar-refractivity contribution is -0.0331. The summed E-state index contributed by atoms with van der Waals surface area (Å²) in [6, 6.07) is 2.61. The highest BCUT2D eigenvalue weighted by Gasteiger charge is 2.27. The fourth-order valence-corrected chi connectivity index (χ4v) is 5.50. The normalized spacial score (nSPS) is 39.6. The zero-order valence-corrected chi connectivity index (χ0v) is 31.6. The summed E-state index contributed by atoms with van der Waals surface area (Å²) in [4.78, 5) is -1.16. The van der Waals surface area contributed by atoms with Gasteiger partial charge in [0.2, 0.25) is 13.5 Å². The second kappa shape index (κ2) is 21.0. The van der Waals surface area contributed by atoms with E-state index in [1.54, 1.807) is 60.7 Å². The molecule has 10 rings (SSSR count). The zero-order valence-electron chi connectivity index (χ0n) is 73.6. The van der Waals surface area contributed by atoms with Gasteiger partial charge in [0.25, 0.3) is 0 Å². The van der Waals surface area contributed by atoms with Crippen LogP contribution < -0.4 is 18.9 Å². The Labute approximate surface area is 425 Å². The first-order valence-electron chi connectivity index (χ1n) is 39.2. The SMILES string of the molecule is [2H]C1([2H])Oc2ccc(CC([2H])([2H])N3C([2H])([2H])C([2H])([2H])C([2H])([2H])[C@@]([2H])(OC(c4ccccc4)c4ccccc4)C3([2H])[2H])cc2O1.[2H]c1c([2H])c([2H])c(C([2H])(O[C@@]2([2H])C([2H])([2H])N(C([2H])([2H])C([2H])([2H])c3c([2H])c([2H])c4c(c3[2H])OC([2H])([2H])O4)C([2H])([2H])C([2H])([2H])C2([2H])[2H])c2c([2H])c([2H])c([2H])c([2H])c2[2H])c([2H])c1[2H]. The largest absolute Gasteiger partial charge is 0.454 e. The van der Waals surface area contributed by atoms with Crippen molar-refractivity contribution in [3.05, 3.63) is 191 Å². The van der Waals surface area contributed by atoms with Crippen molar-refractivity contribution >= 4 is 0 Å². The molecular weight excluding hydrogens is 773 g/mol. The van der Waals surface area contributed by atoms with Gasteiger partial charge in [-0.3, -0.25) is 0 Å². The Bertz CT molecular complexity index is 4240. The monoisotopic (exact) mass is 873 g/mol. The summed E-state index contributed by atoms with van der Waals surface area (Å²) in [5.74, 6) is -2.07. The molecule has 8 nitrogen and oxygen atoms in total. The van der Waals surface area contributed by atoms with E-state index in [4.69, 9.17) is 81.9 Å². The minimum atomic E-state index is -4.86. The van der Waals surface area contributed by atoms with Gasteiger partial charge >= 0.3 is 0 Å². The highest BCUT2D eigenvalue weighted by Crippen LogP contribution is 2.35. The number of aryl methyl sites for hydroxylation is 1. The average molecular weight is 873 g/mol. The van der Waals surface area contributed by atoms with E-state index in [0.717, 1.165) is 0 Å². The Morgan fingerprint density at radius 3 is 1.85 bits per heavy atom. The molecule has 320 valence electrons. The summed E-state index contributed by atoms with van der Waals surface area (Å²) in [5, 5.41) is 0. The Balaban J connectivity index is 0.000000253. The van der Waals surface area contributed by atoms with E-state index >= 15 is 0 Å². The van der Waals surface area contributed by atoms with Crippen LogP contribution in [0.3, 0.4) is 0 Å². The number of fused-ring (bicyclic) bond motifs is 2. The van der Waals surface area contributed by atoms with Gasteiger partial charge in [-0.15, -0.1) is 0 Å². The Kier molecular flexibility index (Phi) is 5.16. The van der Waals surface area contributed by atoms with E-state index in [1.165, 1.54) is 18.2 Å². The second-order valence-electron chi connectivity index (χ2n) is 12.4. The third kappa shape index (κ3) is 11.0. The van der Waals surface area contributed by atoms with Crippen molar-refractivity contribution in [2.75, 3.05) is 52.5 Å². The predicted octanol–water partition coefficient (Wildman–Crippen LogP) is 10.5. The molecule has 0 N–H and O–H groups in total. The topological polar surface area (TPSA) is 61.9 Å². The lowest BCUT2D eigenvalue weighted by Crippen LogP contribution is -2.41. The second-order valence-corrected chi connectivity index (χ2v) is 12.4. The minimum Gasteiger partial charge on any atom is -0.454 e. The molecule has 0 aliphatic carbocycles. The van der Waals surface area contributed by atoms with Crippen LogP contribution >= 0.6 is 0 Å². The first-order valence-corrected chi connectivity index (χ1v) is 18.2. The first-order chi connectivity index (χ1) is 46.9. The summed E-state index contributed by atoms with van der Waals surface area (Å²) >= 11 is 0. The number of hydrogen-bond acceptors (Lipinski definition) is 8. The number of rotatable bonds is 14. The molecule has 62 heavy (non-hydrogen) atoms. The van der Waals surface area contributed by atoms with E-state index < -0.39 is 227 Å². The van der Waals surface area contributed by atoms with Crippen molar-refractivity contribution in [1.29, 1.82) is 0 Å². The van der Waals surface area contributed by atoms with Gasteiger partial charge in [0.15, 0.2) is 23.0 Å². The van der Waals surface area contributed by atoms with E-state index in [9.17, 15) is 4.11 Å². The van der Waals surface area contributed by atoms with Crippen LogP contribution in [0.5, 0.6) is 23.0 Å². The Morgan fingerprint density at radius 1 is 0.613 bits per heavy atom. The number of likely N-dealkylation sites (tertiary alicyclic amines) is 2. The molecule has 2 fully saturated rings. The quantitative estimate of drug-likeness (QED) is 0.107. The lowest BCUT2D eigenvalue weighted by atomic mass is 10.00. The van der Waals surface area contributed by atoms with Crippen molar-refractivity contribution in [3.8, 4) is 23.0 Å². The summed E-state index contributed by atoms with van der Waals surface area (Å²) < 4.78 is 392. The fourth-order valence-electron chi connectivity index (χ4n) is 5.50. The molecule has 2 atom stereocenters. The molecule has 6 aromatic rings. The summed E-state index contributed by atoms with van der Waals surface area (Å²) in [7, 11) is 0. The Morgan fingerprint density at radius 2 is 1.19 bits per heavy atom. The van der Waals surface area contributed by atoms with Crippen molar-refractivity contribution in [2.24, 2.45) is 0 Å². The third-order valence-corrected chi connectivity index (χ3v) is 8.29. The minimum absolute atomic E-state index is 0.0268. The predicted molar refractivity (Wildman–Crippen MR) is 243 cm³/mol. The molecule has 0 aromatic heterocycles. The standard InChI is InChI=1S/2C27H29NO3/c2*1-3-8-22(9-4-1)27(23-10-5-2-6-11-23)31-24-12-7-16-28(19-24)17-15-21-13-14-25-26(18-21)30-20-29-25/h2*1-6,8-11,13-14,18,24,27H,7,12,15-17,19-20H2/t2*24-/m11/s1/i1D,2D,3D,4D,5D,6D,7D2,8D,9D,10D,11D,12D2,13D,14D,15D2,16D2,17D2,18D,19D2,20D2,24D,27D;7D2,12D2,16D2,17D2,19D2,20D2,24D. The maximum Gasteiger partial charge on any atom is 0.231 e. The van der Waals surface area contributed by atoms with Gasteiger partial charge in [0.05, 0.1) is 34.1 Å². The van der Waals surface area contributed by atoms with Crippen LogP contribution in [0.4, 0.5) is 0 Å². The van der Waals surface area contributed by atoms with E-state index in [2.05, 4.69) is 0 Å². The van der Waals surface area contributed by atoms with Crippen molar-refractivity contribution < 1.29 is 86.0 Å². The molecule has 6 aromatic carbocycles. The maximum absolute atomic E-state index is 9.56. The summed E-state index contributed by atoms with van der Waals surface area (Å²) in [6.45, 7) is -30.0. The molecule has 0 amide bonds. The van der Waals surface area contributed by atoms with Crippen LogP contribution in [0, 0.1) is 0 Å². The summed E-state index contributed by atoms with van der Waals surface area (Å²) in [6.07, 6.45) is -35.6. The Hall–Kier alpha value is -5.64. The van der Waals surface area contributed by atoms with Gasteiger partial charge in [0, 0.05) is 56.1 Å². The molecule has 8 heteroatoms. The van der Waals surface area contributed by atoms with Gasteiger partial charge in [0.1, 0.15) is 17.7 Å². The maximum atomic E-state index is 9.56. The molecule has 4 aliphatic rings. The number of hydrogen-bond donors (Lipinski definition) is 0. The van der Waals surface area contributed by atoms with E-state index in [0.29, 0.717) is 11.1 Å². The van der Waals surface area contributed by atoms with Gasteiger partial charge < -0.3 is 38.2 Å². The molecular formula is C54H58N2O6. The molecule has 0 unspecified atom stereocenters. The van der Waals surface area contributed by atoms with Crippen LogP contribution in [0.15, 0.2) is 157 Å². The molecule has 0 saturated carbocycles. The molecule has 0 spiro atoms. The van der Waals surface area contributed by atoms with Crippen LogP contribution in [0.1, 0.15) is 129 Å². The van der Waals surface area contributed by atoms with Crippen molar-refractivity contribution in [3.63, 3.8) is 0 Å². The smallest absolute Gasteiger partial charge is 0.231 e. The van der Waals surface area contributed by atoms with Gasteiger partial charge in [-0.25, -0.2) is 0 Å². The van der Waals surface area contributed by atoms with Crippen LogP contribution in [-0.2, 0) is 22.3 Å². The molecule has 4 heterocycles.